The maximum atomic E-state index is 11.8. The van der Waals surface area contributed by atoms with Crippen molar-refractivity contribution in [3.8, 4) is 0 Å². The number of likely N-dealkylation sites (tertiary alicyclic amines) is 1. The number of carboxylic acid groups (broad SMARTS) is 1. The van der Waals surface area contributed by atoms with Gasteiger partial charge in [0.2, 0.25) is 0 Å². The minimum Gasteiger partial charge on any atom is -0.478 e. The van der Waals surface area contributed by atoms with Crippen LogP contribution < -0.4 is 4.90 Å². The Bertz CT molecular complexity index is 851. The maximum absolute atomic E-state index is 11.8. The molecule has 1 aromatic heterocycles. The molecular weight excluding hydrogens is 344 g/mol. The molecule has 0 bridgehead atoms. The van der Waals surface area contributed by atoms with Crippen LogP contribution in [0.2, 0.25) is 0 Å². The van der Waals surface area contributed by atoms with Gasteiger partial charge < -0.3 is 14.7 Å². The number of piperidine rings is 1. The summed E-state index contributed by atoms with van der Waals surface area (Å²) in [4.78, 5) is 16.8. The minimum atomic E-state index is -0.882. The highest BCUT2D eigenvalue weighted by Crippen LogP contribution is 2.36. The highest BCUT2D eigenvalue weighted by molar-refractivity contribution is 6.02. The van der Waals surface area contributed by atoms with Gasteiger partial charge in [0.15, 0.2) is 0 Å². The normalized spacial score (nSPS) is 19.4. The molecule has 4 rings (SSSR count). The Morgan fingerprint density at radius 3 is 2.63 bits per heavy atom. The van der Waals surface area contributed by atoms with E-state index >= 15 is 0 Å². The number of hydrogen-bond donors (Lipinski definition) is 1. The highest BCUT2D eigenvalue weighted by atomic mass is 16.5. The van der Waals surface area contributed by atoms with Gasteiger partial charge in [0.1, 0.15) is 0 Å². The number of aryl methyl sites for hydroxylation is 1. The topological polar surface area (TPSA) is 70.8 Å². The van der Waals surface area contributed by atoms with Gasteiger partial charge in [0.05, 0.1) is 42.2 Å². The Hall–Kier alpha value is -2.12. The van der Waals surface area contributed by atoms with Gasteiger partial charge in [-0.25, -0.2) is 4.79 Å². The van der Waals surface area contributed by atoms with E-state index < -0.39 is 5.97 Å². The van der Waals surface area contributed by atoms with Crippen molar-refractivity contribution >= 4 is 22.6 Å². The lowest BCUT2D eigenvalue weighted by molar-refractivity contribution is -0.0711. The van der Waals surface area contributed by atoms with Crippen LogP contribution in [0, 0.1) is 6.92 Å². The molecule has 0 aliphatic carbocycles. The summed E-state index contributed by atoms with van der Waals surface area (Å²) in [5.41, 5.74) is 3.10. The zero-order chi connectivity index (χ0) is 19.1. The van der Waals surface area contributed by atoms with E-state index in [0.29, 0.717) is 17.6 Å². The fraction of sp³-hybridized carbons (Fsp3) is 0.600. The SMILES string of the molecule is CCN(c1c(C)c(C(=O)O)cc2c1cnn2C)C1CCN(C2COC2)CC1. The summed E-state index contributed by atoms with van der Waals surface area (Å²) >= 11 is 0. The fourth-order valence-electron chi connectivity index (χ4n) is 4.56. The molecule has 2 aliphatic heterocycles. The molecule has 7 nitrogen and oxygen atoms in total. The zero-order valence-corrected chi connectivity index (χ0v) is 16.3. The highest BCUT2D eigenvalue weighted by Gasteiger charge is 2.32. The Kier molecular flexibility index (Phi) is 4.82. The molecule has 0 amide bonds. The summed E-state index contributed by atoms with van der Waals surface area (Å²) in [5, 5.41) is 15.1. The van der Waals surface area contributed by atoms with Crippen LogP contribution in [0.15, 0.2) is 12.3 Å². The van der Waals surface area contributed by atoms with Crippen molar-refractivity contribution in [3.63, 3.8) is 0 Å². The monoisotopic (exact) mass is 372 g/mol. The van der Waals surface area contributed by atoms with Crippen molar-refractivity contribution in [2.45, 2.75) is 38.8 Å². The van der Waals surface area contributed by atoms with Crippen LogP contribution in [0.1, 0.15) is 35.7 Å². The first kappa shape index (κ1) is 18.3. The molecule has 1 N–H and O–H groups in total. The number of fused-ring (bicyclic) bond motifs is 1. The van der Waals surface area contributed by atoms with Crippen LogP contribution in [-0.4, -0.2) is 70.7 Å². The van der Waals surface area contributed by atoms with Gasteiger partial charge >= 0.3 is 5.97 Å². The molecule has 0 saturated carbocycles. The van der Waals surface area contributed by atoms with Crippen LogP contribution in [0.25, 0.3) is 10.9 Å². The molecule has 2 aliphatic rings. The van der Waals surface area contributed by atoms with Crippen LogP contribution in [-0.2, 0) is 11.8 Å². The van der Waals surface area contributed by atoms with Crippen molar-refractivity contribution in [2.75, 3.05) is 37.7 Å². The Morgan fingerprint density at radius 1 is 1.37 bits per heavy atom. The van der Waals surface area contributed by atoms with E-state index in [-0.39, 0.29) is 0 Å². The number of carboxylic acids is 1. The smallest absolute Gasteiger partial charge is 0.336 e. The molecule has 27 heavy (non-hydrogen) atoms. The summed E-state index contributed by atoms with van der Waals surface area (Å²) in [6, 6.07) is 2.75. The van der Waals surface area contributed by atoms with Crippen molar-refractivity contribution in [1.29, 1.82) is 0 Å². The standard InChI is InChI=1S/C20H28N4O3/c1-4-24(14-5-7-23(8-6-14)15-11-27-12-15)19-13(2)16(20(25)26)9-18-17(19)10-21-22(18)3/h9-10,14-15H,4-8,11-12H2,1-3H3,(H,25,26). The molecule has 0 atom stereocenters. The number of carbonyl (C=O) groups is 1. The van der Waals surface area contributed by atoms with Gasteiger partial charge in [-0.15, -0.1) is 0 Å². The summed E-state index contributed by atoms with van der Waals surface area (Å²) in [6.45, 7) is 8.80. The third-order valence-corrected chi connectivity index (χ3v) is 6.22. The third-order valence-electron chi connectivity index (χ3n) is 6.22. The van der Waals surface area contributed by atoms with Crippen molar-refractivity contribution in [3.05, 3.63) is 23.4 Å². The quantitative estimate of drug-likeness (QED) is 0.868. The first-order valence-electron chi connectivity index (χ1n) is 9.78. The first-order chi connectivity index (χ1) is 13.0. The predicted molar refractivity (Wildman–Crippen MR) is 105 cm³/mol. The lowest BCUT2D eigenvalue weighted by Gasteiger charge is -2.44. The lowest BCUT2D eigenvalue weighted by Crippen LogP contribution is -2.54. The van der Waals surface area contributed by atoms with Crippen LogP contribution in [0.3, 0.4) is 0 Å². The molecule has 0 unspecified atom stereocenters. The Labute approximate surface area is 159 Å². The van der Waals surface area contributed by atoms with Crippen LogP contribution in [0.5, 0.6) is 0 Å². The van der Waals surface area contributed by atoms with E-state index in [0.717, 1.165) is 67.8 Å². The van der Waals surface area contributed by atoms with Gasteiger partial charge in [0, 0.05) is 38.1 Å². The number of rotatable bonds is 5. The number of aromatic carboxylic acids is 1. The van der Waals surface area contributed by atoms with E-state index in [4.69, 9.17) is 4.74 Å². The predicted octanol–water partition coefficient (Wildman–Crippen LogP) is 2.27. The van der Waals surface area contributed by atoms with E-state index in [9.17, 15) is 9.90 Å². The largest absolute Gasteiger partial charge is 0.478 e. The molecule has 3 heterocycles. The van der Waals surface area contributed by atoms with E-state index in [1.807, 2.05) is 20.2 Å². The summed E-state index contributed by atoms with van der Waals surface area (Å²) < 4.78 is 7.10. The van der Waals surface area contributed by atoms with Crippen LogP contribution >= 0.6 is 0 Å². The van der Waals surface area contributed by atoms with Gasteiger partial charge in [-0.05, 0) is 38.3 Å². The molecule has 0 spiro atoms. The van der Waals surface area contributed by atoms with Crippen LogP contribution in [0.4, 0.5) is 5.69 Å². The Morgan fingerprint density at radius 2 is 2.07 bits per heavy atom. The van der Waals surface area contributed by atoms with Gasteiger partial charge in [-0.1, -0.05) is 0 Å². The summed E-state index contributed by atoms with van der Waals surface area (Å²) in [7, 11) is 1.86. The lowest BCUT2D eigenvalue weighted by atomic mass is 9.96. The van der Waals surface area contributed by atoms with Crippen molar-refractivity contribution in [2.24, 2.45) is 7.05 Å². The molecule has 7 heteroatoms. The number of hydrogen-bond acceptors (Lipinski definition) is 5. The molecule has 2 saturated heterocycles. The molecule has 1 aromatic carbocycles. The number of aromatic nitrogens is 2. The average molecular weight is 372 g/mol. The zero-order valence-electron chi connectivity index (χ0n) is 16.3. The minimum absolute atomic E-state index is 0.364. The molecule has 2 aromatic rings. The summed E-state index contributed by atoms with van der Waals surface area (Å²) in [5.74, 6) is -0.882. The Balaban J connectivity index is 1.68. The van der Waals surface area contributed by atoms with Gasteiger partial charge in [-0.3, -0.25) is 9.58 Å². The molecule has 146 valence electrons. The second-order valence-corrected chi connectivity index (χ2v) is 7.65. The van der Waals surface area contributed by atoms with E-state index in [1.165, 1.54) is 0 Å². The molecular formula is C20H28N4O3. The number of anilines is 1. The van der Waals surface area contributed by atoms with Gasteiger partial charge in [0.25, 0.3) is 0 Å². The second-order valence-electron chi connectivity index (χ2n) is 7.65. The van der Waals surface area contributed by atoms with Crippen molar-refractivity contribution in [1.82, 2.24) is 14.7 Å². The second kappa shape index (κ2) is 7.13. The van der Waals surface area contributed by atoms with Crippen molar-refractivity contribution < 1.29 is 14.6 Å². The van der Waals surface area contributed by atoms with E-state index in [2.05, 4.69) is 21.8 Å². The number of benzene rings is 1. The van der Waals surface area contributed by atoms with E-state index in [1.54, 1.807) is 10.7 Å². The third kappa shape index (κ3) is 3.08. The fourth-order valence-corrected chi connectivity index (χ4v) is 4.56. The number of nitrogens with zero attached hydrogens (tertiary/aromatic N) is 4. The number of ether oxygens (including phenoxy) is 1. The van der Waals surface area contributed by atoms with Gasteiger partial charge in [-0.2, -0.15) is 5.10 Å². The average Bonchev–Trinajstić information content (AvgIpc) is 2.97. The first-order valence-corrected chi connectivity index (χ1v) is 9.78. The maximum Gasteiger partial charge on any atom is 0.336 e. The molecule has 0 radical (unpaired) electrons. The summed E-state index contributed by atoms with van der Waals surface area (Å²) in [6.07, 6.45) is 4.04. The molecule has 2 fully saturated rings.